The Labute approximate surface area is 142 Å². The van der Waals surface area contributed by atoms with Gasteiger partial charge in [0.1, 0.15) is 5.82 Å². The second-order valence-corrected chi connectivity index (χ2v) is 6.02. The summed E-state index contributed by atoms with van der Waals surface area (Å²) in [5, 5.41) is 2.97. The summed E-state index contributed by atoms with van der Waals surface area (Å²) in [6.07, 6.45) is 2.30. The van der Waals surface area contributed by atoms with Crippen molar-refractivity contribution in [1.82, 2.24) is 14.9 Å². The number of hydrogen-bond donors (Lipinski definition) is 1. The number of imidazole rings is 1. The summed E-state index contributed by atoms with van der Waals surface area (Å²) in [4.78, 5) is 16.7. The van der Waals surface area contributed by atoms with Gasteiger partial charge in [-0.25, -0.2) is 4.98 Å². The van der Waals surface area contributed by atoms with Crippen molar-refractivity contribution in [3.63, 3.8) is 0 Å². The van der Waals surface area contributed by atoms with Gasteiger partial charge in [0, 0.05) is 13.5 Å². The van der Waals surface area contributed by atoms with Gasteiger partial charge in [0.05, 0.1) is 17.6 Å². The smallest absolute Gasteiger partial charge is 0.220 e. The van der Waals surface area contributed by atoms with Crippen molar-refractivity contribution in [3.05, 3.63) is 65.5 Å². The number of para-hydroxylation sites is 2. The number of benzene rings is 2. The molecular weight excluding hydrogens is 298 g/mol. The lowest BCUT2D eigenvalue weighted by Crippen LogP contribution is -2.24. The van der Waals surface area contributed by atoms with E-state index in [1.165, 1.54) is 11.1 Å². The summed E-state index contributed by atoms with van der Waals surface area (Å²) in [6, 6.07) is 16.5. The zero-order valence-electron chi connectivity index (χ0n) is 14.2. The first kappa shape index (κ1) is 16.2. The number of carbonyl (C=O) groups is 1. The third kappa shape index (κ3) is 3.65. The molecule has 0 unspecified atom stereocenters. The Morgan fingerprint density at radius 2 is 1.79 bits per heavy atom. The summed E-state index contributed by atoms with van der Waals surface area (Å²) in [7, 11) is 1.98. The van der Waals surface area contributed by atoms with Crippen LogP contribution in [0.4, 0.5) is 0 Å². The molecule has 1 amide bonds. The maximum atomic E-state index is 12.1. The van der Waals surface area contributed by atoms with Gasteiger partial charge in [0.25, 0.3) is 0 Å². The van der Waals surface area contributed by atoms with Gasteiger partial charge in [-0.05, 0) is 36.1 Å². The SMILES string of the molecule is CCc1ccc(CCC(=O)NCc2nc3ccccc3n2C)cc1. The molecule has 0 radical (unpaired) electrons. The van der Waals surface area contributed by atoms with Crippen molar-refractivity contribution in [3.8, 4) is 0 Å². The molecule has 3 aromatic rings. The van der Waals surface area contributed by atoms with Crippen LogP contribution in [0.15, 0.2) is 48.5 Å². The van der Waals surface area contributed by atoms with E-state index >= 15 is 0 Å². The van der Waals surface area contributed by atoms with E-state index in [4.69, 9.17) is 0 Å². The molecule has 1 aromatic heterocycles. The molecule has 0 saturated heterocycles. The van der Waals surface area contributed by atoms with Crippen LogP contribution in [-0.2, 0) is 31.2 Å². The van der Waals surface area contributed by atoms with E-state index in [-0.39, 0.29) is 5.91 Å². The van der Waals surface area contributed by atoms with Gasteiger partial charge in [-0.1, -0.05) is 43.3 Å². The Kier molecular flexibility index (Phi) is 4.94. The molecule has 0 atom stereocenters. The Morgan fingerprint density at radius 1 is 1.08 bits per heavy atom. The molecule has 1 N–H and O–H groups in total. The molecule has 3 rings (SSSR count). The average Bonchev–Trinajstić information content (AvgIpc) is 2.95. The fraction of sp³-hybridized carbons (Fsp3) is 0.300. The predicted octanol–water partition coefficient (Wildman–Crippen LogP) is 3.38. The van der Waals surface area contributed by atoms with Crippen LogP contribution in [0.2, 0.25) is 0 Å². The number of aromatic nitrogens is 2. The molecule has 1 heterocycles. The Morgan fingerprint density at radius 3 is 2.50 bits per heavy atom. The van der Waals surface area contributed by atoms with E-state index in [2.05, 4.69) is 41.5 Å². The maximum absolute atomic E-state index is 12.1. The Hall–Kier alpha value is -2.62. The minimum atomic E-state index is 0.0571. The van der Waals surface area contributed by atoms with Gasteiger partial charge in [0.2, 0.25) is 5.91 Å². The molecule has 0 aliphatic heterocycles. The van der Waals surface area contributed by atoms with Gasteiger partial charge in [-0.15, -0.1) is 0 Å². The minimum absolute atomic E-state index is 0.0571. The highest BCUT2D eigenvalue weighted by molar-refractivity contribution is 5.77. The van der Waals surface area contributed by atoms with Gasteiger partial charge < -0.3 is 9.88 Å². The lowest BCUT2D eigenvalue weighted by atomic mass is 10.1. The topological polar surface area (TPSA) is 46.9 Å². The average molecular weight is 321 g/mol. The molecule has 0 fully saturated rings. The number of carbonyl (C=O) groups excluding carboxylic acids is 1. The third-order valence-corrected chi connectivity index (χ3v) is 4.40. The summed E-state index contributed by atoms with van der Waals surface area (Å²) in [5.41, 5.74) is 4.56. The molecular formula is C20H23N3O. The minimum Gasteiger partial charge on any atom is -0.349 e. The first-order valence-electron chi connectivity index (χ1n) is 8.42. The normalized spacial score (nSPS) is 10.9. The largest absolute Gasteiger partial charge is 0.349 e. The summed E-state index contributed by atoms with van der Waals surface area (Å²) >= 11 is 0. The Bertz CT molecular complexity index is 834. The molecule has 4 nitrogen and oxygen atoms in total. The van der Waals surface area contributed by atoms with Gasteiger partial charge in [-0.2, -0.15) is 0 Å². The van der Waals surface area contributed by atoms with Crippen molar-refractivity contribution < 1.29 is 4.79 Å². The zero-order valence-corrected chi connectivity index (χ0v) is 14.2. The van der Waals surface area contributed by atoms with Crippen molar-refractivity contribution >= 4 is 16.9 Å². The van der Waals surface area contributed by atoms with Gasteiger partial charge in [0.15, 0.2) is 0 Å². The maximum Gasteiger partial charge on any atom is 0.220 e. The summed E-state index contributed by atoms with van der Waals surface area (Å²) in [5.74, 6) is 0.929. The Balaban J connectivity index is 1.53. The number of aryl methyl sites for hydroxylation is 3. The van der Waals surface area contributed by atoms with Crippen molar-refractivity contribution in [2.45, 2.75) is 32.7 Å². The van der Waals surface area contributed by atoms with Crippen LogP contribution in [0.3, 0.4) is 0 Å². The fourth-order valence-corrected chi connectivity index (χ4v) is 2.82. The van der Waals surface area contributed by atoms with E-state index < -0.39 is 0 Å². The second kappa shape index (κ2) is 7.30. The number of nitrogens with zero attached hydrogens (tertiary/aromatic N) is 2. The highest BCUT2D eigenvalue weighted by atomic mass is 16.1. The predicted molar refractivity (Wildman–Crippen MR) is 96.7 cm³/mol. The van der Waals surface area contributed by atoms with Crippen LogP contribution in [0.25, 0.3) is 11.0 Å². The summed E-state index contributed by atoms with van der Waals surface area (Å²) in [6.45, 7) is 2.60. The zero-order chi connectivity index (χ0) is 16.9. The van der Waals surface area contributed by atoms with Gasteiger partial charge in [-0.3, -0.25) is 4.79 Å². The van der Waals surface area contributed by atoms with E-state index in [0.29, 0.717) is 13.0 Å². The molecule has 124 valence electrons. The van der Waals surface area contributed by atoms with Crippen LogP contribution < -0.4 is 5.32 Å². The molecule has 0 bridgehead atoms. The lowest BCUT2D eigenvalue weighted by molar-refractivity contribution is -0.121. The first-order valence-corrected chi connectivity index (χ1v) is 8.42. The van der Waals surface area contributed by atoms with E-state index in [1.54, 1.807) is 0 Å². The van der Waals surface area contributed by atoms with Crippen LogP contribution in [0.5, 0.6) is 0 Å². The standard InChI is InChI=1S/C20H23N3O/c1-3-15-8-10-16(11-9-15)12-13-20(24)21-14-19-22-17-6-4-5-7-18(17)23(19)2/h4-11H,3,12-14H2,1-2H3,(H,21,24). The second-order valence-electron chi connectivity index (χ2n) is 6.02. The number of fused-ring (bicyclic) bond motifs is 1. The van der Waals surface area contributed by atoms with E-state index in [0.717, 1.165) is 29.7 Å². The lowest BCUT2D eigenvalue weighted by Gasteiger charge is -2.06. The number of hydrogen-bond acceptors (Lipinski definition) is 2. The van der Waals surface area contributed by atoms with E-state index in [1.807, 2.05) is 35.9 Å². The number of nitrogens with one attached hydrogen (secondary N) is 1. The molecule has 24 heavy (non-hydrogen) atoms. The molecule has 0 aliphatic carbocycles. The highest BCUT2D eigenvalue weighted by Crippen LogP contribution is 2.14. The summed E-state index contributed by atoms with van der Waals surface area (Å²) < 4.78 is 2.03. The highest BCUT2D eigenvalue weighted by Gasteiger charge is 2.08. The molecule has 4 heteroatoms. The van der Waals surface area contributed by atoms with E-state index in [9.17, 15) is 4.79 Å². The number of amides is 1. The quantitative estimate of drug-likeness (QED) is 0.756. The first-order chi connectivity index (χ1) is 11.7. The van der Waals surface area contributed by atoms with Gasteiger partial charge >= 0.3 is 0 Å². The molecule has 0 aliphatic rings. The van der Waals surface area contributed by atoms with Crippen LogP contribution >= 0.6 is 0 Å². The monoisotopic (exact) mass is 321 g/mol. The van der Waals surface area contributed by atoms with Crippen LogP contribution in [0.1, 0.15) is 30.3 Å². The van der Waals surface area contributed by atoms with Crippen molar-refractivity contribution in [2.75, 3.05) is 0 Å². The third-order valence-electron chi connectivity index (χ3n) is 4.40. The molecule has 0 spiro atoms. The van der Waals surface area contributed by atoms with Crippen LogP contribution in [0, 0.1) is 0 Å². The molecule has 2 aromatic carbocycles. The fourth-order valence-electron chi connectivity index (χ4n) is 2.82. The number of rotatable bonds is 6. The van der Waals surface area contributed by atoms with Crippen molar-refractivity contribution in [1.29, 1.82) is 0 Å². The molecule has 0 saturated carbocycles. The van der Waals surface area contributed by atoms with Crippen molar-refractivity contribution in [2.24, 2.45) is 7.05 Å². The van der Waals surface area contributed by atoms with Crippen LogP contribution in [-0.4, -0.2) is 15.5 Å².